The molecule has 0 spiro atoms. The lowest BCUT2D eigenvalue weighted by Crippen LogP contribution is -2.30. The molecule has 0 aliphatic rings. The molecule has 140 valence electrons. The Morgan fingerprint density at radius 3 is 1.88 bits per heavy atom. The van der Waals surface area contributed by atoms with Crippen LogP contribution < -0.4 is 16.4 Å². The summed E-state index contributed by atoms with van der Waals surface area (Å²) in [5, 5.41) is 4.29. The third kappa shape index (κ3) is 7.31. The normalized spacial score (nSPS) is 11.9. The highest BCUT2D eigenvalue weighted by Gasteiger charge is 2.37. The Labute approximate surface area is 138 Å². The van der Waals surface area contributed by atoms with Gasteiger partial charge in [-0.1, -0.05) is 0 Å². The fourth-order valence-corrected chi connectivity index (χ4v) is 1.87. The van der Waals surface area contributed by atoms with Gasteiger partial charge in [0.2, 0.25) is 5.91 Å². The summed E-state index contributed by atoms with van der Waals surface area (Å²) in [5.41, 5.74) is 1.21. The summed E-state index contributed by atoms with van der Waals surface area (Å²) in [6, 6.07) is 0.0995. The molecule has 3 amide bonds. The summed E-state index contributed by atoms with van der Waals surface area (Å²) in [5.74, 6) is -0.744. The Bertz CT molecular complexity index is 596. The van der Waals surface area contributed by atoms with E-state index in [1.54, 1.807) is 0 Å². The molecule has 0 radical (unpaired) electrons. The van der Waals surface area contributed by atoms with Gasteiger partial charge in [0.05, 0.1) is 11.1 Å². The quantitative estimate of drug-likeness (QED) is 0.528. The maximum absolute atomic E-state index is 12.7. The number of carbonyl (C=O) groups is 2. The van der Waals surface area contributed by atoms with E-state index in [1.807, 2.05) is 5.32 Å². The van der Waals surface area contributed by atoms with E-state index >= 15 is 0 Å². The van der Waals surface area contributed by atoms with Crippen molar-refractivity contribution >= 4 is 17.6 Å². The predicted octanol–water partition coefficient (Wildman–Crippen LogP) is 3.50. The van der Waals surface area contributed by atoms with Gasteiger partial charge in [-0.05, 0) is 31.0 Å². The smallest absolute Gasteiger partial charge is 0.352 e. The molecule has 0 fully saturated rings. The van der Waals surface area contributed by atoms with Gasteiger partial charge < -0.3 is 16.4 Å². The first-order chi connectivity index (χ1) is 11.4. The molecule has 0 bridgehead atoms. The van der Waals surface area contributed by atoms with Gasteiger partial charge in [0.25, 0.3) is 0 Å². The third-order valence-electron chi connectivity index (χ3n) is 3.00. The molecule has 1 aromatic rings. The fraction of sp³-hybridized carbons (Fsp3) is 0.429. The molecule has 0 saturated heterocycles. The van der Waals surface area contributed by atoms with Crippen molar-refractivity contribution in [1.82, 2.24) is 5.32 Å². The monoisotopic (exact) mass is 371 g/mol. The molecule has 0 aromatic heterocycles. The maximum Gasteiger partial charge on any atom is 0.416 e. The summed E-state index contributed by atoms with van der Waals surface area (Å²) < 4.78 is 76.2. The standard InChI is InChI=1S/C14H15F6N3O2/c15-13(16,17)8-5-9(14(18,19)20)7-10(6-8)23-11(24)3-1-2-4-22-12(21)25/h5-7H,1-4H2,(H,23,24)(H3,21,22,25). The number of benzene rings is 1. The second-order valence-electron chi connectivity index (χ2n) is 5.09. The van der Waals surface area contributed by atoms with Crippen molar-refractivity contribution in [3.05, 3.63) is 29.3 Å². The molecule has 0 atom stereocenters. The largest absolute Gasteiger partial charge is 0.416 e. The number of alkyl halides is 6. The van der Waals surface area contributed by atoms with Crippen molar-refractivity contribution in [2.45, 2.75) is 31.6 Å². The summed E-state index contributed by atoms with van der Waals surface area (Å²) in [6.45, 7) is 0.199. The first-order valence-electron chi connectivity index (χ1n) is 7.02. The Hall–Kier alpha value is -2.46. The number of carbonyl (C=O) groups excluding carboxylic acids is 2. The number of hydrogen-bond acceptors (Lipinski definition) is 2. The highest BCUT2D eigenvalue weighted by molar-refractivity contribution is 5.90. The van der Waals surface area contributed by atoms with Crippen molar-refractivity contribution in [3.63, 3.8) is 0 Å². The molecule has 0 heterocycles. The number of nitrogens with one attached hydrogen (secondary N) is 2. The van der Waals surface area contributed by atoms with E-state index in [2.05, 4.69) is 5.32 Å². The van der Waals surface area contributed by atoms with Gasteiger partial charge in [0.15, 0.2) is 0 Å². The zero-order valence-corrected chi connectivity index (χ0v) is 12.7. The van der Waals surface area contributed by atoms with Crippen LogP contribution in [0.5, 0.6) is 0 Å². The maximum atomic E-state index is 12.7. The number of hydrogen-bond donors (Lipinski definition) is 3. The van der Waals surface area contributed by atoms with Gasteiger partial charge in [-0.15, -0.1) is 0 Å². The molecule has 25 heavy (non-hydrogen) atoms. The van der Waals surface area contributed by atoms with Crippen LogP contribution in [0, 0.1) is 0 Å². The van der Waals surface area contributed by atoms with Crippen molar-refractivity contribution in [2.24, 2.45) is 5.73 Å². The van der Waals surface area contributed by atoms with E-state index < -0.39 is 41.1 Å². The van der Waals surface area contributed by atoms with Crippen LogP contribution in [0.4, 0.5) is 36.8 Å². The Morgan fingerprint density at radius 1 is 0.920 bits per heavy atom. The molecule has 4 N–H and O–H groups in total. The average molecular weight is 371 g/mol. The lowest BCUT2D eigenvalue weighted by Gasteiger charge is -2.14. The molecule has 0 aliphatic carbocycles. The van der Waals surface area contributed by atoms with E-state index in [4.69, 9.17) is 5.73 Å². The lowest BCUT2D eigenvalue weighted by molar-refractivity contribution is -0.143. The lowest BCUT2D eigenvalue weighted by atomic mass is 10.1. The van der Waals surface area contributed by atoms with Crippen LogP contribution in [0.15, 0.2) is 18.2 Å². The zero-order chi connectivity index (χ0) is 19.3. The Kier molecular flexibility index (Phi) is 6.65. The number of amides is 3. The van der Waals surface area contributed by atoms with E-state index in [0.29, 0.717) is 18.6 Å². The van der Waals surface area contributed by atoms with Gasteiger partial charge in [-0.25, -0.2) is 4.79 Å². The zero-order valence-electron chi connectivity index (χ0n) is 12.7. The van der Waals surface area contributed by atoms with Crippen LogP contribution in [0.2, 0.25) is 0 Å². The molecule has 1 aromatic carbocycles. The molecule has 0 aliphatic heterocycles. The van der Waals surface area contributed by atoms with Crippen molar-refractivity contribution in [2.75, 3.05) is 11.9 Å². The summed E-state index contributed by atoms with van der Waals surface area (Å²) in [6.07, 6.45) is -9.48. The average Bonchev–Trinajstić information content (AvgIpc) is 2.44. The highest BCUT2D eigenvalue weighted by Crippen LogP contribution is 2.37. The van der Waals surface area contributed by atoms with Gasteiger partial charge in [0.1, 0.15) is 0 Å². The number of nitrogens with two attached hydrogens (primary N) is 1. The van der Waals surface area contributed by atoms with Crippen LogP contribution in [-0.4, -0.2) is 18.5 Å². The predicted molar refractivity (Wildman–Crippen MR) is 76.5 cm³/mol. The molecular weight excluding hydrogens is 356 g/mol. The van der Waals surface area contributed by atoms with Crippen LogP contribution in [0.3, 0.4) is 0 Å². The van der Waals surface area contributed by atoms with Gasteiger partial charge in [-0.3, -0.25) is 4.79 Å². The molecule has 1 rings (SSSR count). The molecule has 11 heteroatoms. The van der Waals surface area contributed by atoms with Gasteiger partial charge in [0, 0.05) is 18.7 Å². The number of rotatable bonds is 6. The van der Waals surface area contributed by atoms with Crippen molar-refractivity contribution < 1.29 is 35.9 Å². The highest BCUT2D eigenvalue weighted by atomic mass is 19.4. The number of primary amides is 1. The molecule has 0 saturated carbocycles. The number of anilines is 1. The number of halogens is 6. The minimum Gasteiger partial charge on any atom is -0.352 e. The van der Waals surface area contributed by atoms with Gasteiger partial charge in [-0.2, -0.15) is 26.3 Å². The van der Waals surface area contributed by atoms with Crippen LogP contribution in [0.1, 0.15) is 30.4 Å². The van der Waals surface area contributed by atoms with Gasteiger partial charge >= 0.3 is 18.4 Å². The first-order valence-corrected chi connectivity index (χ1v) is 7.02. The van der Waals surface area contributed by atoms with Crippen molar-refractivity contribution in [3.8, 4) is 0 Å². The SMILES string of the molecule is NC(=O)NCCCCC(=O)Nc1cc(C(F)(F)F)cc(C(F)(F)F)c1. The summed E-state index contributed by atoms with van der Waals surface area (Å²) in [7, 11) is 0. The number of unbranched alkanes of at least 4 members (excludes halogenated alkanes) is 1. The van der Waals surface area contributed by atoms with E-state index in [-0.39, 0.29) is 25.5 Å². The second-order valence-corrected chi connectivity index (χ2v) is 5.09. The molecule has 5 nitrogen and oxygen atoms in total. The van der Waals surface area contributed by atoms with Crippen molar-refractivity contribution in [1.29, 1.82) is 0 Å². The van der Waals surface area contributed by atoms with Crippen LogP contribution in [-0.2, 0) is 17.1 Å². The molecular formula is C14H15F6N3O2. The number of urea groups is 1. The minimum atomic E-state index is -4.98. The summed E-state index contributed by atoms with van der Waals surface area (Å²) in [4.78, 5) is 22.1. The molecule has 0 unspecified atom stereocenters. The Balaban J connectivity index is 2.77. The minimum absolute atomic E-state index is 0.0227. The van der Waals surface area contributed by atoms with Crippen LogP contribution >= 0.6 is 0 Å². The fourth-order valence-electron chi connectivity index (χ4n) is 1.87. The Morgan fingerprint density at radius 2 is 1.44 bits per heavy atom. The van der Waals surface area contributed by atoms with E-state index in [0.717, 1.165) is 0 Å². The second kappa shape index (κ2) is 8.08. The van der Waals surface area contributed by atoms with E-state index in [9.17, 15) is 35.9 Å². The first kappa shape index (κ1) is 20.6. The topological polar surface area (TPSA) is 84.2 Å². The van der Waals surface area contributed by atoms with E-state index in [1.165, 1.54) is 0 Å². The van der Waals surface area contributed by atoms with Crippen LogP contribution in [0.25, 0.3) is 0 Å². The third-order valence-corrected chi connectivity index (χ3v) is 3.00. The summed E-state index contributed by atoms with van der Waals surface area (Å²) >= 11 is 0.